The van der Waals surface area contributed by atoms with Crippen LogP contribution in [0.15, 0.2) is 24.3 Å². The average molecular weight is 543 g/mol. The maximum absolute atomic E-state index is 13.1. The standard InChI is InChI=1S/C23H28F6N2O4S/c1-20(2,35-17-5-3-4-16(8-17)23(27,28)29)19(32)30-18-14-6-13-7-15(18)11-21(9-13,10-14)31-36(33,34)12-22(24,25)26/h3-5,8,13-15,18,31H,6-7,9-12H2,1-2H3,(H,30,32)/t13?,14-,15+,18+,21+. The molecule has 0 spiro atoms. The third kappa shape index (κ3) is 5.92. The molecule has 5 rings (SSSR count). The van der Waals surface area contributed by atoms with Crippen molar-refractivity contribution in [2.45, 2.75) is 75.5 Å². The second-order valence-electron chi connectivity index (χ2n) is 10.9. The molecule has 4 bridgehead atoms. The zero-order chi connectivity index (χ0) is 26.7. The Hall–Kier alpha value is -2.02. The Kier molecular flexibility index (Phi) is 6.59. The highest BCUT2D eigenvalue weighted by Crippen LogP contribution is 2.56. The minimum Gasteiger partial charge on any atom is -0.478 e. The number of alkyl halides is 6. The number of rotatable bonds is 7. The van der Waals surface area contributed by atoms with Gasteiger partial charge in [-0.1, -0.05) is 6.07 Å². The summed E-state index contributed by atoms with van der Waals surface area (Å²) >= 11 is 0. The van der Waals surface area contributed by atoms with Gasteiger partial charge in [0.05, 0.1) is 5.56 Å². The van der Waals surface area contributed by atoms with Gasteiger partial charge in [0.1, 0.15) is 5.75 Å². The van der Waals surface area contributed by atoms with Crippen molar-refractivity contribution in [2.75, 3.05) is 5.75 Å². The van der Waals surface area contributed by atoms with E-state index < -0.39 is 50.7 Å². The molecular formula is C23H28F6N2O4S. The predicted octanol–water partition coefficient (Wildman–Crippen LogP) is 4.41. The summed E-state index contributed by atoms with van der Waals surface area (Å²) in [6, 6.07) is 3.88. The summed E-state index contributed by atoms with van der Waals surface area (Å²) in [5.41, 5.74) is -3.38. The van der Waals surface area contributed by atoms with E-state index in [-0.39, 0.29) is 29.5 Å². The molecule has 4 saturated carbocycles. The molecule has 202 valence electrons. The molecule has 5 atom stereocenters. The van der Waals surface area contributed by atoms with Crippen LogP contribution >= 0.6 is 0 Å². The fourth-order valence-corrected chi connectivity index (χ4v) is 7.78. The van der Waals surface area contributed by atoms with E-state index in [0.717, 1.165) is 12.1 Å². The van der Waals surface area contributed by atoms with E-state index in [1.54, 1.807) is 0 Å². The van der Waals surface area contributed by atoms with Crippen molar-refractivity contribution in [1.82, 2.24) is 10.0 Å². The molecule has 13 heteroatoms. The number of halogens is 6. The lowest BCUT2D eigenvalue weighted by Crippen LogP contribution is -2.68. The summed E-state index contributed by atoms with van der Waals surface area (Å²) in [5.74, 6) is -2.74. The summed E-state index contributed by atoms with van der Waals surface area (Å²) in [6.45, 7) is 2.87. The highest BCUT2D eigenvalue weighted by molar-refractivity contribution is 7.89. The van der Waals surface area contributed by atoms with Crippen molar-refractivity contribution in [2.24, 2.45) is 17.8 Å². The summed E-state index contributed by atoms with van der Waals surface area (Å²) in [7, 11) is -4.58. The van der Waals surface area contributed by atoms with Crippen molar-refractivity contribution in [1.29, 1.82) is 0 Å². The Bertz CT molecular complexity index is 1100. The zero-order valence-corrected chi connectivity index (χ0v) is 20.5. The van der Waals surface area contributed by atoms with Gasteiger partial charge in [-0.05, 0) is 81.9 Å². The molecule has 4 aliphatic carbocycles. The van der Waals surface area contributed by atoms with Gasteiger partial charge in [0.25, 0.3) is 5.91 Å². The fourth-order valence-electron chi connectivity index (χ4n) is 6.37. The third-order valence-corrected chi connectivity index (χ3v) is 8.83. The number of nitrogens with one attached hydrogen (secondary N) is 2. The van der Waals surface area contributed by atoms with E-state index in [2.05, 4.69) is 10.0 Å². The Morgan fingerprint density at radius 1 is 1.06 bits per heavy atom. The summed E-state index contributed by atoms with van der Waals surface area (Å²) in [5, 5.41) is 2.94. The van der Waals surface area contributed by atoms with Crippen LogP contribution in [0.1, 0.15) is 51.5 Å². The van der Waals surface area contributed by atoms with Gasteiger partial charge in [-0.15, -0.1) is 0 Å². The van der Waals surface area contributed by atoms with E-state index in [4.69, 9.17) is 4.74 Å². The molecule has 1 aromatic carbocycles. The van der Waals surface area contributed by atoms with Crippen LogP contribution < -0.4 is 14.8 Å². The second kappa shape index (κ2) is 8.78. The SMILES string of the molecule is CC(C)(Oc1cccc(C(F)(F)F)c1)C(=O)N[C@H]1[C@@H]2CC3C[C@H]1C[C@](NS(=O)(=O)CC(F)(F)F)(C3)C2. The largest absolute Gasteiger partial charge is 0.478 e. The van der Waals surface area contributed by atoms with Gasteiger partial charge in [0.15, 0.2) is 11.4 Å². The van der Waals surface area contributed by atoms with Gasteiger partial charge in [0, 0.05) is 11.6 Å². The Labute approximate surface area is 205 Å². The lowest BCUT2D eigenvalue weighted by Gasteiger charge is -2.60. The van der Waals surface area contributed by atoms with Gasteiger partial charge < -0.3 is 10.1 Å². The van der Waals surface area contributed by atoms with E-state index in [1.807, 2.05) is 0 Å². The highest BCUT2D eigenvalue weighted by atomic mass is 32.2. The number of carbonyl (C=O) groups excluding carboxylic acids is 1. The monoisotopic (exact) mass is 542 g/mol. The molecule has 0 saturated heterocycles. The number of hydrogen-bond acceptors (Lipinski definition) is 4. The molecule has 0 aliphatic heterocycles. The maximum Gasteiger partial charge on any atom is 0.416 e. The minimum atomic E-state index is -4.85. The van der Waals surface area contributed by atoms with Crippen LogP contribution in [-0.4, -0.2) is 43.4 Å². The molecule has 0 radical (unpaired) electrons. The molecule has 1 unspecified atom stereocenters. The minimum absolute atomic E-state index is 0.118. The quantitative estimate of drug-likeness (QED) is 0.500. The first-order valence-corrected chi connectivity index (χ1v) is 13.3. The molecule has 4 aliphatic rings. The van der Waals surface area contributed by atoms with Crippen molar-refractivity contribution < 1.29 is 44.3 Å². The topological polar surface area (TPSA) is 84.5 Å². The number of ether oxygens (including phenoxy) is 1. The zero-order valence-electron chi connectivity index (χ0n) is 19.7. The number of hydrogen-bond donors (Lipinski definition) is 2. The van der Waals surface area contributed by atoms with Gasteiger partial charge >= 0.3 is 12.4 Å². The molecular weight excluding hydrogens is 514 g/mol. The van der Waals surface area contributed by atoms with Crippen molar-refractivity contribution >= 4 is 15.9 Å². The Morgan fingerprint density at radius 2 is 1.67 bits per heavy atom. The van der Waals surface area contributed by atoms with Gasteiger partial charge in [-0.3, -0.25) is 4.79 Å². The van der Waals surface area contributed by atoms with Gasteiger partial charge in [0.2, 0.25) is 10.0 Å². The van der Waals surface area contributed by atoms with E-state index >= 15 is 0 Å². The Balaban J connectivity index is 1.44. The molecule has 4 fully saturated rings. The smallest absolute Gasteiger partial charge is 0.416 e. The molecule has 0 aromatic heterocycles. The van der Waals surface area contributed by atoms with Crippen LogP contribution in [0.25, 0.3) is 0 Å². The number of benzene rings is 1. The van der Waals surface area contributed by atoms with Crippen molar-refractivity contribution in [3.63, 3.8) is 0 Å². The fraction of sp³-hybridized carbons (Fsp3) is 0.696. The first-order chi connectivity index (χ1) is 16.4. The molecule has 36 heavy (non-hydrogen) atoms. The number of carbonyl (C=O) groups is 1. The molecule has 1 amide bonds. The third-order valence-electron chi connectivity index (χ3n) is 7.38. The van der Waals surface area contributed by atoms with E-state index in [9.17, 15) is 39.6 Å². The first kappa shape index (κ1) is 27.0. The predicted molar refractivity (Wildman–Crippen MR) is 117 cm³/mol. The number of sulfonamides is 1. The van der Waals surface area contributed by atoms with Crippen molar-refractivity contribution in [3.8, 4) is 5.75 Å². The highest BCUT2D eigenvalue weighted by Gasteiger charge is 2.57. The number of amides is 1. The van der Waals surface area contributed by atoms with Crippen LogP contribution in [-0.2, 0) is 21.0 Å². The van der Waals surface area contributed by atoms with E-state index in [1.165, 1.54) is 26.0 Å². The summed E-state index contributed by atoms with van der Waals surface area (Å²) < 4.78 is 110. The van der Waals surface area contributed by atoms with E-state index in [0.29, 0.717) is 32.1 Å². The molecule has 6 nitrogen and oxygen atoms in total. The first-order valence-electron chi connectivity index (χ1n) is 11.6. The molecule has 2 N–H and O–H groups in total. The Morgan fingerprint density at radius 3 is 2.22 bits per heavy atom. The molecule has 1 aromatic rings. The maximum atomic E-state index is 13.1. The van der Waals surface area contributed by atoms with Gasteiger partial charge in [-0.25, -0.2) is 13.1 Å². The van der Waals surface area contributed by atoms with Crippen LogP contribution in [0.2, 0.25) is 0 Å². The van der Waals surface area contributed by atoms with Crippen LogP contribution in [0.3, 0.4) is 0 Å². The summed E-state index contributed by atoms with van der Waals surface area (Å²) in [6.07, 6.45) is -6.94. The van der Waals surface area contributed by atoms with Crippen molar-refractivity contribution in [3.05, 3.63) is 29.8 Å². The lowest BCUT2D eigenvalue weighted by atomic mass is 9.51. The normalized spacial score (nSPS) is 30.3. The lowest BCUT2D eigenvalue weighted by molar-refractivity contribution is -0.139. The van der Waals surface area contributed by atoms with Crippen LogP contribution in [0, 0.1) is 17.8 Å². The second-order valence-corrected chi connectivity index (χ2v) is 12.6. The van der Waals surface area contributed by atoms with Crippen LogP contribution in [0.5, 0.6) is 5.75 Å². The van der Waals surface area contributed by atoms with Gasteiger partial charge in [-0.2, -0.15) is 26.3 Å². The average Bonchev–Trinajstić information content (AvgIpc) is 2.66. The summed E-state index contributed by atoms with van der Waals surface area (Å²) in [4.78, 5) is 13.1. The molecule has 0 heterocycles. The van der Waals surface area contributed by atoms with Crippen LogP contribution in [0.4, 0.5) is 26.3 Å².